The highest BCUT2D eigenvalue weighted by Crippen LogP contribution is 2.25. The van der Waals surface area contributed by atoms with Gasteiger partial charge < -0.3 is 20.5 Å². The molecular formula is C30H35F2N5O6. The van der Waals surface area contributed by atoms with Crippen LogP contribution in [0.25, 0.3) is 11.4 Å². The molecule has 3 aromatic rings. The standard InChI is InChI=1S/C30H35F2N5O6/c1-4-15-33-28(41)30(31,32)25(39)24(19(2)3)36-23(38)17-37-26(21-13-9-6-10-14-21)34-16-22(27(37)40)35-29(42)43-18-20-11-7-5-8-12-20/h5-14,16,19,24-25,39H,4,15,17-18H2,1-3H3,(H,33,41)(H,35,42)(H,36,38). The number of alkyl halides is 2. The van der Waals surface area contributed by atoms with Gasteiger partial charge in [-0.3, -0.25) is 24.3 Å². The predicted octanol–water partition coefficient (Wildman–Crippen LogP) is 3.32. The fourth-order valence-corrected chi connectivity index (χ4v) is 4.11. The van der Waals surface area contributed by atoms with Crippen LogP contribution in [0, 0.1) is 5.92 Å². The van der Waals surface area contributed by atoms with Crippen molar-refractivity contribution >= 4 is 23.6 Å². The van der Waals surface area contributed by atoms with Crippen LogP contribution < -0.4 is 21.5 Å². The normalized spacial score (nSPS) is 12.7. The van der Waals surface area contributed by atoms with Crippen LogP contribution in [0.1, 0.15) is 32.8 Å². The summed E-state index contributed by atoms with van der Waals surface area (Å²) in [5.41, 5.74) is 0.0847. The van der Waals surface area contributed by atoms with Gasteiger partial charge in [0.15, 0.2) is 0 Å². The van der Waals surface area contributed by atoms with Crippen molar-refractivity contribution in [3.05, 3.63) is 82.8 Å². The number of nitrogens with zero attached hydrogens (tertiary/aromatic N) is 2. The van der Waals surface area contributed by atoms with E-state index in [9.17, 15) is 33.1 Å². The van der Waals surface area contributed by atoms with E-state index in [1.807, 2.05) is 6.07 Å². The number of rotatable bonds is 13. The third kappa shape index (κ3) is 8.67. The van der Waals surface area contributed by atoms with Gasteiger partial charge in [0.1, 0.15) is 30.8 Å². The maximum Gasteiger partial charge on any atom is 0.412 e. The molecule has 13 heteroatoms. The fourth-order valence-electron chi connectivity index (χ4n) is 4.11. The molecule has 2 atom stereocenters. The molecule has 1 aromatic heterocycles. The van der Waals surface area contributed by atoms with Gasteiger partial charge in [-0.15, -0.1) is 0 Å². The lowest BCUT2D eigenvalue weighted by molar-refractivity contribution is -0.169. The number of hydrogen-bond acceptors (Lipinski definition) is 7. The number of carbonyl (C=O) groups excluding carboxylic acids is 3. The van der Waals surface area contributed by atoms with Crippen molar-refractivity contribution in [3.8, 4) is 11.4 Å². The molecule has 43 heavy (non-hydrogen) atoms. The van der Waals surface area contributed by atoms with Crippen molar-refractivity contribution in [2.24, 2.45) is 5.92 Å². The van der Waals surface area contributed by atoms with Crippen molar-refractivity contribution in [3.63, 3.8) is 0 Å². The van der Waals surface area contributed by atoms with E-state index in [1.54, 1.807) is 61.5 Å². The molecule has 2 aromatic carbocycles. The molecule has 3 amide bonds. The molecule has 2 unspecified atom stereocenters. The largest absolute Gasteiger partial charge is 0.444 e. The van der Waals surface area contributed by atoms with E-state index in [1.165, 1.54) is 13.8 Å². The number of carbonyl (C=O) groups is 3. The monoisotopic (exact) mass is 599 g/mol. The summed E-state index contributed by atoms with van der Waals surface area (Å²) in [6, 6.07) is 15.7. The zero-order valence-corrected chi connectivity index (χ0v) is 24.1. The van der Waals surface area contributed by atoms with E-state index in [0.717, 1.165) is 16.3 Å². The van der Waals surface area contributed by atoms with Crippen LogP contribution in [0.4, 0.5) is 19.3 Å². The Labute approximate surface area is 247 Å². The van der Waals surface area contributed by atoms with Crippen LogP contribution in [0.15, 0.2) is 71.7 Å². The number of amides is 3. The number of anilines is 1. The van der Waals surface area contributed by atoms with Crippen molar-refractivity contribution in [2.45, 2.75) is 58.4 Å². The number of benzene rings is 2. The van der Waals surface area contributed by atoms with E-state index in [-0.39, 0.29) is 24.7 Å². The van der Waals surface area contributed by atoms with Gasteiger partial charge in [-0.25, -0.2) is 9.78 Å². The topological polar surface area (TPSA) is 152 Å². The molecule has 0 radical (unpaired) electrons. The molecule has 0 aliphatic rings. The Balaban J connectivity index is 1.85. The smallest absolute Gasteiger partial charge is 0.412 e. The van der Waals surface area contributed by atoms with Gasteiger partial charge in [-0.2, -0.15) is 8.78 Å². The second-order valence-corrected chi connectivity index (χ2v) is 10.1. The lowest BCUT2D eigenvalue weighted by atomic mass is 9.93. The molecule has 11 nitrogen and oxygen atoms in total. The number of nitrogens with one attached hydrogen (secondary N) is 3. The molecule has 0 bridgehead atoms. The number of aliphatic hydroxyl groups excluding tert-OH is 1. The lowest BCUT2D eigenvalue weighted by Gasteiger charge is -2.32. The van der Waals surface area contributed by atoms with Crippen LogP contribution in [-0.4, -0.2) is 57.2 Å². The Morgan fingerprint density at radius 2 is 1.67 bits per heavy atom. The Bertz CT molecular complexity index is 1450. The predicted molar refractivity (Wildman–Crippen MR) is 155 cm³/mol. The molecular weight excluding hydrogens is 564 g/mol. The number of aromatic nitrogens is 2. The molecule has 230 valence electrons. The molecule has 1 heterocycles. The van der Waals surface area contributed by atoms with Crippen LogP contribution in [0.3, 0.4) is 0 Å². The first-order valence-corrected chi connectivity index (χ1v) is 13.7. The SMILES string of the molecule is CCCNC(=O)C(F)(F)C(O)C(NC(=O)Cn1c(-c2ccccc2)ncc(NC(=O)OCc2ccccc2)c1=O)C(C)C. The summed E-state index contributed by atoms with van der Waals surface area (Å²) < 4.78 is 35.7. The van der Waals surface area contributed by atoms with Gasteiger partial charge in [0.25, 0.3) is 11.5 Å². The zero-order valence-electron chi connectivity index (χ0n) is 24.1. The van der Waals surface area contributed by atoms with E-state index in [0.29, 0.717) is 12.0 Å². The highest BCUT2D eigenvalue weighted by atomic mass is 19.3. The average molecular weight is 600 g/mol. The second kappa shape index (κ2) is 15.0. The van der Waals surface area contributed by atoms with E-state index >= 15 is 0 Å². The summed E-state index contributed by atoms with van der Waals surface area (Å²) in [5, 5.41) is 17.2. The van der Waals surface area contributed by atoms with E-state index in [2.05, 4.69) is 20.9 Å². The van der Waals surface area contributed by atoms with Crippen molar-refractivity contribution in [1.29, 1.82) is 0 Å². The van der Waals surface area contributed by atoms with Gasteiger partial charge in [0.2, 0.25) is 5.91 Å². The summed E-state index contributed by atoms with van der Waals surface area (Å²) in [4.78, 5) is 55.3. The molecule has 0 spiro atoms. The Kier molecular flexibility index (Phi) is 11.5. The van der Waals surface area contributed by atoms with Crippen LogP contribution in [0.2, 0.25) is 0 Å². The Morgan fingerprint density at radius 1 is 1.05 bits per heavy atom. The van der Waals surface area contributed by atoms with Crippen LogP contribution in [0.5, 0.6) is 0 Å². The van der Waals surface area contributed by atoms with E-state index < -0.39 is 54.0 Å². The van der Waals surface area contributed by atoms with Crippen LogP contribution >= 0.6 is 0 Å². The molecule has 0 saturated heterocycles. The maximum atomic E-state index is 14.8. The summed E-state index contributed by atoms with van der Waals surface area (Å²) in [6.07, 6.45) is -1.95. The minimum absolute atomic E-state index is 0.0117. The number of aliphatic hydroxyl groups is 1. The molecule has 0 fully saturated rings. The Hall–Kier alpha value is -4.65. The fraction of sp³-hybridized carbons (Fsp3) is 0.367. The van der Waals surface area contributed by atoms with Gasteiger partial charge in [-0.1, -0.05) is 81.4 Å². The quantitative estimate of drug-likeness (QED) is 0.235. The van der Waals surface area contributed by atoms with E-state index in [4.69, 9.17) is 4.74 Å². The first kappa shape index (κ1) is 32.9. The molecule has 0 saturated carbocycles. The number of halogens is 2. The van der Waals surface area contributed by atoms with Crippen molar-refractivity contribution in [1.82, 2.24) is 20.2 Å². The maximum absolute atomic E-state index is 14.8. The van der Waals surface area contributed by atoms with Gasteiger partial charge in [-0.05, 0) is 17.9 Å². The summed E-state index contributed by atoms with van der Waals surface area (Å²) in [6.45, 7) is 3.89. The molecule has 0 aliphatic heterocycles. The summed E-state index contributed by atoms with van der Waals surface area (Å²) in [7, 11) is 0. The number of ether oxygens (including phenoxy) is 1. The third-order valence-electron chi connectivity index (χ3n) is 6.43. The average Bonchev–Trinajstić information content (AvgIpc) is 3.00. The van der Waals surface area contributed by atoms with Gasteiger partial charge >= 0.3 is 12.0 Å². The summed E-state index contributed by atoms with van der Waals surface area (Å²) in [5.74, 6) is -7.43. The zero-order chi connectivity index (χ0) is 31.6. The minimum atomic E-state index is -4.20. The van der Waals surface area contributed by atoms with Gasteiger partial charge in [0, 0.05) is 12.1 Å². The highest BCUT2D eigenvalue weighted by Gasteiger charge is 2.51. The first-order valence-electron chi connectivity index (χ1n) is 13.7. The summed E-state index contributed by atoms with van der Waals surface area (Å²) >= 11 is 0. The Morgan fingerprint density at radius 3 is 2.28 bits per heavy atom. The lowest BCUT2D eigenvalue weighted by Crippen LogP contribution is -2.59. The van der Waals surface area contributed by atoms with Gasteiger partial charge in [0.05, 0.1) is 12.2 Å². The third-order valence-corrected chi connectivity index (χ3v) is 6.43. The minimum Gasteiger partial charge on any atom is -0.444 e. The first-order chi connectivity index (χ1) is 20.4. The van der Waals surface area contributed by atoms with Crippen LogP contribution in [-0.2, 0) is 27.5 Å². The number of hydrogen-bond donors (Lipinski definition) is 4. The van der Waals surface area contributed by atoms with Crippen molar-refractivity contribution in [2.75, 3.05) is 11.9 Å². The second-order valence-electron chi connectivity index (χ2n) is 10.1. The van der Waals surface area contributed by atoms with Crippen molar-refractivity contribution < 1.29 is 33.0 Å². The molecule has 4 N–H and O–H groups in total. The molecule has 0 aliphatic carbocycles. The molecule has 3 rings (SSSR count). The highest BCUT2D eigenvalue weighted by molar-refractivity contribution is 5.85.